The highest BCUT2D eigenvalue weighted by atomic mass is 16.7. The van der Waals surface area contributed by atoms with Gasteiger partial charge in [0.1, 0.15) is 0 Å². The van der Waals surface area contributed by atoms with E-state index in [-0.39, 0.29) is 25.0 Å². The lowest BCUT2D eigenvalue weighted by atomic mass is 10.1. The van der Waals surface area contributed by atoms with E-state index >= 15 is 0 Å². The molecule has 168 valence electrons. The van der Waals surface area contributed by atoms with Gasteiger partial charge < -0.3 is 19.7 Å². The minimum atomic E-state index is -0.146. The molecule has 1 aliphatic heterocycles. The van der Waals surface area contributed by atoms with Crippen LogP contribution in [-0.4, -0.2) is 25.2 Å². The predicted octanol–water partition coefficient (Wildman–Crippen LogP) is 4.33. The van der Waals surface area contributed by atoms with Crippen LogP contribution in [0.25, 0.3) is 0 Å². The normalized spacial score (nSPS) is 14.1. The lowest BCUT2D eigenvalue weighted by molar-refractivity contribution is -0.120. The number of ether oxygens (including phenoxy) is 2. The van der Waals surface area contributed by atoms with Gasteiger partial charge in [0.05, 0.1) is 13.0 Å². The number of nitrogens with zero attached hydrogens (tertiary/aromatic N) is 1. The molecule has 0 atom stereocenters. The summed E-state index contributed by atoms with van der Waals surface area (Å²) < 4.78 is 10.8. The van der Waals surface area contributed by atoms with Gasteiger partial charge in [-0.2, -0.15) is 0 Å². The summed E-state index contributed by atoms with van der Waals surface area (Å²) >= 11 is 0. The summed E-state index contributed by atoms with van der Waals surface area (Å²) in [6.45, 7) is 1.32. The molecule has 2 amide bonds. The Morgan fingerprint density at radius 2 is 1.67 bits per heavy atom. The monoisotopic (exact) mass is 442 g/mol. The maximum atomic E-state index is 13.6. The van der Waals surface area contributed by atoms with Crippen LogP contribution in [0.2, 0.25) is 0 Å². The maximum absolute atomic E-state index is 13.6. The minimum Gasteiger partial charge on any atom is -0.454 e. The third kappa shape index (κ3) is 5.17. The first-order chi connectivity index (χ1) is 16.2. The number of amides is 2. The Morgan fingerprint density at radius 3 is 2.48 bits per heavy atom. The van der Waals surface area contributed by atoms with E-state index in [9.17, 15) is 9.59 Å². The van der Waals surface area contributed by atoms with Crippen LogP contribution >= 0.6 is 0 Å². The average Bonchev–Trinajstić information content (AvgIpc) is 3.56. The van der Waals surface area contributed by atoms with Crippen molar-refractivity contribution in [2.45, 2.75) is 25.8 Å². The fourth-order valence-electron chi connectivity index (χ4n) is 3.89. The lowest BCUT2D eigenvalue weighted by Gasteiger charge is -2.24. The fourth-order valence-corrected chi connectivity index (χ4v) is 3.89. The smallest absolute Gasteiger partial charge is 0.258 e. The van der Waals surface area contributed by atoms with Crippen molar-refractivity contribution in [3.05, 3.63) is 89.5 Å². The molecule has 2 aliphatic rings. The van der Waals surface area contributed by atoms with Crippen molar-refractivity contribution in [2.24, 2.45) is 5.92 Å². The molecule has 5 rings (SSSR count). The molecule has 0 radical (unpaired) electrons. The van der Waals surface area contributed by atoms with E-state index in [4.69, 9.17) is 9.47 Å². The number of nitrogens with one attached hydrogen (secondary N) is 1. The van der Waals surface area contributed by atoms with Gasteiger partial charge in [0.15, 0.2) is 11.5 Å². The SMILES string of the molecule is O=C(Cc1cccc(N(Cc2ccccc2)C(=O)c2ccc3c(c2)OCO3)c1)NCC1CC1. The predicted molar refractivity (Wildman–Crippen MR) is 125 cm³/mol. The Labute approximate surface area is 193 Å². The van der Waals surface area contributed by atoms with E-state index < -0.39 is 0 Å². The molecule has 1 heterocycles. The molecule has 1 aliphatic carbocycles. The largest absolute Gasteiger partial charge is 0.454 e. The van der Waals surface area contributed by atoms with E-state index in [1.54, 1.807) is 23.1 Å². The number of benzene rings is 3. The van der Waals surface area contributed by atoms with Crippen molar-refractivity contribution < 1.29 is 19.1 Å². The van der Waals surface area contributed by atoms with Crippen molar-refractivity contribution in [2.75, 3.05) is 18.2 Å². The van der Waals surface area contributed by atoms with Gasteiger partial charge in [0.25, 0.3) is 5.91 Å². The van der Waals surface area contributed by atoms with Gasteiger partial charge in [-0.25, -0.2) is 0 Å². The van der Waals surface area contributed by atoms with Crippen molar-refractivity contribution in [3.63, 3.8) is 0 Å². The Bertz CT molecular complexity index is 1160. The molecule has 6 heteroatoms. The zero-order chi connectivity index (χ0) is 22.6. The number of hydrogen-bond acceptors (Lipinski definition) is 4. The zero-order valence-electron chi connectivity index (χ0n) is 18.3. The number of anilines is 1. The summed E-state index contributed by atoms with van der Waals surface area (Å²) in [5.41, 5.74) is 3.15. The van der Waals surface area contributed by atoms with Crippen LogP contribution in [-0.2, 0) is 17.8 Å². The van der Waals surface area contributed by atoms with E-state index in [1.165, 1.54) is 12.8 Å². The molecular weight excluding hydrogens is 416 g/mol. The summed E-state index contributed by atoms with van der Waals surface area (Å²) in [4.78, 5) is 27.7. The highest BCUT2D eigenvalue weighted by Gasteiger charge is 2.23. The highest BCUT2D eigenvalue weighted by molar-refractivity contribution is 6.06. The minimum absolute atomic E-state index is 0.00996. The van der Waals surface area contributed by atoms with E-state index in [2.05, 4.69) is 5.32 Å². The van der Waals surface area contributed by atoms with Crippen molar-refractivity contribution in [1.82, 2.24) is 5.32 Å². The first kappa shape index (κ1) is 21.1. The van der Waals surface area contributed by atoms with Crippen LogP contribution in [0.15, 0.2) is 72.8 Å². The van der Waals surface area contributed by atoms with Crippen molar-refractivity contribution in [3.8, 4) is 11.5 Å². The van der Waals surface area contributed by atoms with Gasteiger partial charge in [-0.3, -0.25) is 9.59 Å². The first-order valence-electron chi connectivity index (χ1n) is 11.3. The van der Waals surface area contributed by atoms with Gasteiger partial charge in [-0.15, -0.1) is 0 Å². The zero-order valence-corrected chi connectivity index (χ0v) is 18.3. The molecule has 0 aromatic heterocycles. The Morgan fingerprint density at radius 1 is 0.879 bits per heavy atom. The van der Waals surface area contributed by atoms with Gasteiger partial charge >= 0.3 is 0 Å². The molecule has 1 fully saturated rings. The van der Waals surface area contributed by atoms with Gasteiger partial charge in [0, 0.05) is 17.8 Å². The number of rotatable bonds is 8. The molecule has 3 aromatic rings. The fraction of sp³-hybridized carbons (Fsp3) is 0.259. The molecule has 0 saturated heterocycles. The highest BCUT2D eigenvalue weighted by Crippen LogP contribution is 2.33. The number of carbonyl (C=O) groups excluding carboxylic acids is 2. The molecular formula is C27H26N2O4. The molecule has 1 N–H and O–H groups in total. The molecule has 6 nitrogen and oxygen atoms in total. The maximum Gasteiger partial charge on any atom is 0.258 e. The molecule has 0 spiro atoms. The molecule has 0 unspecified atom stereocenters. The van der Waals surface area contributed by atoms with Gasteiger partial charge in [0.2, 0.25) is 12.7 Å². The third-order valence-corrected chi connectivity index (χ3v) is 5.92. The second kappa shape index (κ2) is 9.36. The third-order valence-electron chi connectivity index (χ3n) is 5.92. The van der Waals surface area contributed by atoms with Gasteiger partial charge in [-0.05, 0) is 60.2 Å². The summed E-state index contributed by atoms with van der Waals surface area (Å²) in [6.07, 6.45) is 2.69. The van der Waals surface area contributed by atoms with Crippen LogP contribution < -0.4 is 19.7 Å². The van der Waals surface area contributed by atoms with E-state index in [0.717, 1.165) is 23.4 Å². The first-order valence-corrected chi connectivity index (χ1v) is 11.3. The second-order valence-electron chi connectivity index (χ2n) is 8.54. The second-order valence-corrected chi connectivity index (χ2v) is 8.54. The van der Waals surface area contributed by atoms with Crippen LogP contribution in [0.1, 0.15) is 34.3 Å². The topological polar surface area (TPSA) is 67.9 Å². The van der Waals surface area contributed by atoms with Crippen molar-refractivity contribution >= 4 is 17.5 Å². The van der Waals surface area contributed by atoms with E-state index in [1.807, 2.05) is 54.6 Å². The van der Waals surface area contributed by atoms with E-state index in [0.29, 0.717) is 29.5 Å². The lowest BCUT2D eigenvalue weighted by Crippen LogP contribution is -2.31. The Hall–Kier alpha value is -3.80. The van der Waals surface area contributed by atoms with Gasteiger partial charge in [-0.1, -0.05) is 42.5 Å². The quantitative estimate of drug-likeness (QED) is 0.564. The average molecular weight is 443 g/mol. The van der Waals surface area contributed by atoms with Crippen LogP contribution in [0.5, 0.6) is 11.5 Å². The summed E-state index contributed by atoms with van der Waals surface area (Å²) in [5, 5.41) is 3.01. The molecule has 0 bridgehead atoms. The molecule has 33 heavy (non-hydrogen) atoms. The van der Waals surface area contributed by atoms with Crippen molar-refractivity contribution in [1.29, 1.82) is 0 Å². The number of hydrogen-bond donors (Lipinski definition) is 1. The number of carbonyl (C=O) groups is 2. The van der Waals surface area contributed by atoms with Crippen LogP contribution in [0.4, 0.5) is 5.69 Å². The molecule has 1 saturated carbocycles. The Balaban J connectivity index is 1.40. The van der Waals surface area contributed by atoms with Crippen LogP contribution in [0, 0.1) is 5.92 Å². The summed E-state index contributed by atoms with van der Waals surface area (Å²) in [7, 11) is 0. The summed E-state index contributed by atoms with van der Waals surface area (Å²) in [6, 6.07) is 22.7. The molecule has 3 aromatic carbocycles. The number of fused-ring (bicyclic) bond motifs is 1. The summed E-state index contributed by atoms with van der Waals surface area (Å²) in [5.74, 6) is 1.71. The van der Waals surface area contributed by atoms with Crippen LogP contribution in [0.3, 0.4) is 0 Å². The standard InChI is InChI=1S/C27H26N2O4/c30-26(28-16-19-9-10-19)14-21-7-4-8-23(13-21)29(17-20-5-2-1-3-6-20)27(31)22-11-12-24-25(15-22)33-18-32-24/h1-8,11-13,15,19H,9-10,14,16-18H2,(H,28,30). The Kier molecular flexibility index (Phi) is 5.98.